The third-order valence-corrected chi connectivity index (χ3v) is 4.28. The molecule has 3 rings (SSSR count). The second kappa shape index (κ2) is 7.85. The summed E-state index contributed by atoms with van der Waals surface area (Å²) in [7, 11) is 1.62. The van der Waals surface area contributed by atoms with E-state index in [2.05, 4.69) is 5.32 Å². The van der Waals surface area contributed by atoms with Gasteiger partial charge < -0.3 is 15.2 Å². The smallest absolute Gasteiger partial charge is 0.255 e. The van der Waals surface area contributed by atoms with Crippen LogP contribution in [0.15, 0.2) is 66.7 Å². The minimum Gasteiger partial charge on any atom is -0.496 e. The summed E-state index contributed by atoms with van der Waals surface area (Å²) in [6, 6.07) is 20.7. The molecule has 4 heteroatoms. The minimum atomic E-state index is -0.206. The molecule has 0 spiro atoms. The highest BCUT2D eigenvalue weighted by Crippen LogP contribution is 2.31. The fraction of sp³-hybridized carbons (Fsp3) is 0.136. The van der Waals surface area contributed by atoms with Crippen LogP contribution >= 0.6 is 0 Å². The van der Waals surface area contributed by atoms with E-state index in [9.17, 15) is 9.90 Å². The maximum atomic E-state index is 12.7. The number of aryl methyl sites for hydroxylation is 1. The number of nitrogens with one attached hydrogen (secondary N) is 1. The molecule has 2 N–H and O–H groups in total. The topological polar surface area (TPSA) is 58.6 Å². The molecule has 132 valence electrons. The molecule has 0 aliphatic heterocycles. The van der Waals surface area contributed by atoms with E-state index in [-0.39, 0.29) is 12.5 Å². The van der Waals surface area contributed by atoms with Crippen LogP contribution in [0.3, 0.4) is 0 Å². The number of carbonyl (C=O) groups is 1. The van der Waals surface area contributed by atoms with Crippen LogP contribution in [0.5, 0.6) is 5.75 Å². The number of anilines is 1. The molecule has 26 heavy (non-hydrogen) atoms. The number of aliphatic hydroxyl groups is 1. The lowest BCUT2D eigenvalue weighted by Gasteiger charge is -2.13. The Kier molecular flexibility index (Phi) is 5.34. The van der Waals surface area contributed by atoms with Crippen molar-refractivity contribution in [1.82, 2.24) is 0 Å². The van der Waals surface area contributed by atoms with E-state index < -0.39 is 0 Å². The SMILES string of the molecule is COc1ccc(C(=O)Nc2cc(CO)ccc2C)cc1-c1ccccc1. The number of hydrogen-bond donors (Lipinski definition) is 2. The van der Waals surface area contributed by atoms with Crippen molar-refractivity contribution in [3.63, 3.8) is 0 Å². The van der Waals surface area contributed by atoms with Crippen LogP contribution < -0.4 is 10.1 Å². The molecule has 0 fully saturated rings. The van der Waals surface area contributed by atoms with Gasteiger partial charge in [-0.05, 0) is 47.9 Å². The fourth-order valence-electron chi connectivity index (χ4n) is 2.79. The first-order chi connectivity index (χ1) is 12.6. The van der Waals surface area contributed by atoms with E-state index in [1.165, 1.54) is 0 Å². The highest BCUT2D eigenvalue weighted by atomic mass is 16.5. The number of carbonyl (C=O) groups excluding carboxylic acids is 1. The number of benzene rings is 3. The number of methoxy groups -OCH3 is 1. The van der Waals surface area contributed by atoms with Gasteiger partial charge in [-0.3, -0.25) is 4.79 Å². The number of ether oxygens (including phenoxy) is 1. The van der Waals surface area contributed by atoms with Crippen LogP contribution in [0, 0.1) is 6.92 Å². The van der Waals surface area contributed by atoms with E-state index in [1.807, 2.05) is 55.5 Å². The number of amides is 1. The van der Waals surface area contributed by atoms with Crippen LogP contribution in [0.25, 0.3) is 11.1 Å². The van der Waals surface area contributed by atoms with Gasteiger partial charge in [0.1, 0.15) is 5.75 Å². The average Bonchev–Trinajstić information content (AvgIpc) is 2.69. The Morgan fingerprint density at radius 2 is 1.81 bits per heavy atom. The van der Waals surface area contributed by atoms with Crippen molar-refractivity contribution in [3.05, 3.63) is 83.4 Å². The quantitative estimate of drug-likeness (QED) is 0.718. The lowest BCUT2D eigenvalue weighted by atomic mass is 10.0. The third kappa shape index (κ3) is 3.76. The summed E-state index contributed by atoms with van der Waals surface area (Å²) in [4.78, 5) is 12.7. The van der Waals surface area contributed by atoms with Gasteiger partial charge in [-0.1, -0.05) is 42.5 Å². The van der Waals surface area contributed by atoms with Gasteiger partial charge in [0.2, 0.25) is 0 Å². The number of rotatable bonds is 5. The normalized spacial score (nSPS) is 10.4. The van der Waals surface area contributed by atoms with Gasteiger partial charge in [-0.15, -0.1) is 0 Å². The molecule has 0 aliphatic carbocycles. The summed E-state index contributed by atoms with van der Waals surface area (Å²) in [6.45, 7) is 1.85. The molecule has 0 bridgehead atoms. The maximum Gasteiger partial charge on any atom is 0.255 e. The number of aliphatic hydroxyl groups excluding tert-OH is 1. The van der Waals surface area contributed by atoms with Gasteiger partial charge in [-0.25, -0.2) is 0 Å². The summed E-state index contributed by atoms with van der Waals surface area (Å²) in [5, 5.41) is 12.2. The molecule has 3 aromatic rings. The Morgan fingerprint density at radius 3 is 2.50 bits per heavy atom. The van der Waals surface area contributed by atoms with E-state index in [0.717, 1.165) is 22.3 Å². The van der Waals surface area contributed by atoms with Crippen LogP contribution in [0.1, 0.15) is 21.5 Å². The highest BCUT2D eigenvalue weighted by molar-refractivity contribution is 6.05. The molecule has 0 unspecified atom stereocenters. The predicted octanol–water partition coefficient (Wildman–Crippen LogP) is 4.42. The van der Waals surface area contributed by atoms with Crippen molar-refractivity contribution in [2.75, 3.05) is 12.4 Å². The molecule has 0 saturated carbocycles. The van der Waals surface area contributed by atoms with Gasteiger partial charge >= 0.3 is 0 Å². The predicted molar refractivity (Wildman–Crippen MR) is 103 cm³/mol. The van der Waals surface area contributed by atoms with Crippen molar-refractivity contribution in [2.45, 2.75) is 13.5 Å². The van der Waals surface area contributed by atoms with Gasteiger partial charge in [0, 0.05) is 16.8 Å². The largest absolute Gasteiger partial charge is 0.496 e. The van der Waals surface area contributed by atoms with Crippen LogP contribution in [-0.2, 0) is 6.61 Å². The summed E-state index contributed by atoms with van der Waals surface area (Å²) < 4.78 is 5.44. The molecule has 0 heterocycles. The minimum absolute atomic E-state index is 0.0656. The van der Waals surface area contributed by atoms with E-state index in [4.69, 9.17) is 4.74 Å². The van der Waals surface area contributed by atoms with E-state index in [0.29, 0.717) is 17.0 Å². The molecule has 0 saturated heterocycles. The Morgan fingerprint density at radius 1 is 1.04 bits per heavy atom. The summed E-state index contributed by atoms with van der Waals surface area (Å²) in [5.41, 5.74) is 4.77. The summed E-state index contributed by atoms with van der Waals surface area (Å²) >= 11 is 0. The van der Waals surface area contributed by atoms with Crippen molar-refractivity contribution in [2.24, 2.45) is 0 Å². The van der Waals surface area contributed by atoms with Crippen LogP contribution in [0.4, 0.5) is 5.69 Å². The van der Waals surface area contributed by atoms with Crippen molar-refractivity contribution in [3.8, 4) is 16.9 Å². The Hall–Kier alpha value is -3.11. The zero-order chi connectivity index (χ0) is 18.5. The maximum absolute atomic E-state index is 12.7. The molecule has 0 aliphatic rings. The van der Waals surface area contributed by atoms with Crippen molar-refractivity contribution >= 4 is 11.6 Å². The highest BCUT2D eigenvalue weighted by Gasteiger charge is 2.13. The third-order valence-electron chi connectivity index (χ3n) is 4.28. The van der Waals surface area contributed by atoms with Gasteiger partial charge in [0.25, 0.3) is 5.91 Å². The molecule has 1 amide bonds. The zero-order valence-corrected chi connectivity index (χ0v) is 14.8. The monoisotopic (exact) mass is 347 g/mol. The van der Waals surface area contributed by atoms with Gasteiger partial charge in [0.05, 0.1) is 13.7 Å². The lowest BCUT2D eigenvalue weighted by Crippen LogP contribution is -2.13. The van der Waals surface area contributed by atoms with Crippen LogP contribution in [-0.4, -0.2) is 18.1 Å². The van der Waals surface area contributed by atoms with E-state index >= 15 is 0 Å². The molecule has 4 nitrogen and oxygen atoms in total. The first kappa shape index (κ1) is 17.7. The Balaban J connectivity index is 1.93. The first-order valence-corrected chi connectivity index (χ1v) is 8.37. The van der Waals surface area contributed by atoms with Crippen LogP contribution in [0.2, 0.25) is 0 Å². The molecule has 0 radical (unpaired) electrons. The molecule has 3 aromatic carbocycles. The van der Waals surface area contributed by atoms with Gasteiger partial charge in [-0.2, -0.15) is 0 Å². The molecule has 0 atom stereocenters. The Labute approximate surface area is 153 Å². The second-order valence-corrected chi connectivity index (χ2v) is 6.04. The van der Waals surface area contributed by atoms with E-state index in [1.54, 1.807) is 25.3 Å². The zero-order valence-electron chi connectivity index (χ0n) is 14.8. The van der Waals surface area contributed by atoms with Crippen molar-refractivity contribution in [1.29, 1.82) is 0 Å². The van der Waals surface area contributed by atoms with Gasteiger partial charge in [0.15, 0.2) is 0 Å². The summed E-state index contributed by atoms with van der Waals surface area (Å²) in [5.74, 6) is 0.509. The standard InChI is InChI=1S/C22H21NO3/c1-15-8-9-16(14-24)12-20(15)23-22(25)18-10-11-21(26-2)19(13-18)17-6-4-3-5-7-17/h3-13,24H,14H2,1-2H3,(H,23,25). The molecular weight excluding hydrogens is 326 g/mol. The van der Waals surface area contributed by atoms with Crippen molar-refractivity contribution < 1.29 is 14.6 Å². The average molecular weight is 347 g/mol. The lowest BCUT2D eigenvalue weighted by molar-refractivity contribution is 0.102. The number of hydrogen-bond acceptors (Lipinski definition) is 3. The Bertz CT molecular complexity index is 920. The molecular formula is C22H21NO3. The first-order valence-electron chi connectivity index (χ1n) is 8.37. The fourth-order valence-corrected chi connectivity index (χ4v) is 2.79. The second-order valence-electron chi connectivity index (χ2n) is 6.04. The molecule has 0 aromatic heterocycles. The summed E-state index contributed by atoms with van der Waals surface area (Å²) in [6.07, 6.45) is 0.